The molecule has 0 saturated heterocycles. The van der Waals surface area contributed by atoms with Crippen LogP contribution in [0, 0.1) is 0 Å². The van der Waals surface area contributed by atoms with Crippen molar-refractivity contribution in [2.45, 2.75) is 90.3 Å². The van der Waals surface area contributed by atoms with Crippen LogP contribution in [0.3, 0.4) is 0 Å². The van der Waals surface area contributed by atoms with E-state index in [2.05, 4.69) is 21.3 Å². The van der Waals surface area contributed by atoms with Crippen molar-refractivity contribution in [2.75, 3.05) is 5.32 Å². The third kappa shape index (κ3) is 11.3. The molecule has 13 heteroatoms. The molecular weight excluding hydrogens is 716 g/mol. The predicted octanol–water partition coefficient (Wildman–Crippen LogP) is 6.73. The van der Waals surface area contributed by atoms with Crippen molar-refractivity contribution >= 4 is 35.7 Å². The van der Waals surface area contributed by atoms with Gasteiger partial charge in [-0.05, 0) is 82.3 Å². The van der Waals surface area contributed by atoms with Crippen LogP contribution >= 0.6 is 0 Å². The number of hydrogen-bond donors (Lipinski definition) is 4. The lowest BCUT2D eigenvalue weighted by Crippen LogP contribution is -2.59. The van der Waals surface area contributed by atoms with Gasteiger partial charge in [-0.3, -0.25) is 9.59 Å². The number of carbonyl (C=O) groups excluding carboxylic acids is 5. The molecule has 5 rings (SSSR count). The van der Waals surface area contributed by atoms with Crippen molar-refractivity contribution in [1.29, 1.82) is 0 Å². The number of aryl methyl sites for hydroxylation is 1. The highest BCUT2D eigenvalue weighted by Crippen LogP contribution is 2.39. The standard InChI is InChI=1S/C43H48N4O9/c1-28(44-37(48)29(2)45-40(51)54-27-31-17-10-7-11-18-31)38(49)46-34-20-12-13-21-36(34)55-35-22-14-19-32-23-24-43(25-33(32)35,47-41(52)56-42(3,4)5)39(50)53-26-30-15-8-6-9-16-30/h6-22,28-29H,23-27H2,1-5H3,(H,44,48)(H,45,51)(H,46,49)(H,47,52)/t28-,29-,43+/m0/s1. The Balaban J connectivity index is 1.27. The van der Waals surface area contributed by atoms with Gasteiger partial charge in [-0.2, -0.15) is 0 Å². The van der Waals surface area contributed by atoms with Crippen LogP contribution in [0.1, 0.15) is 63.3 Å². The Bertz CT molecular complexity index is 2020. The van der Waals surface area contributed by atoms with Crippen LogP contribution in [0.15, 0.2) is 103 Å². The van der Waals surface area contributed by atoms with Gasteiger partial charge in [-0.25, -0.2) is 14.4 Å². The molecule has 4 aromatic rings. The summed E-state index contributed by atoms with van der Waals surface area (Å²) in [5.74, 6) is -1.02. The third-order valence-electron chi connectivity index (χ3n) is 8.93. The number of para-hydroxylation sites is 2. The maximum Gasteiger partial charge on any atom is 0.408 e. The van der Waals surface area contributed by atoms with Gasteiger partial charge < -0.3 is 40.2 Å². The van der Waals surface area contributed by atoms with E-state index in [4.69, 9.17) is 18.9 Å². The lowest BCUT2D eigenvalue weighted by molar-refractivity contribution is -0.153. The second kappa shape index (κ2) is 18.3. The smallest absolute Gasteiger partial charge is 0.408 e. The number of alkyl carbamates (subject to hydrolysis) is 2. The Morgan fingerprint density at radius 2 is 1.27 bits per heavy atom. The maximum atomic E-state index is 13.9. The average Bonchev–Trinajstić information content (AvgIpc) is 3.17. The number of ether oxygens (including phenoxy) is 4. The first-order valence-electron chi connectivity index (χ1n) is 18.4. The fraction of sp³-hybridized carbons (Fsp3) is 0.326. The first-order chi connectivity index (χ1) is 26.7. The Labute approximate surface area is 326 Å². The van der Waals surface area contributed by atoms with Gasteiger partial charge in [0.15, 0.2) is 5.75 Å². The molecule has 294 valence electrons. The van der Waals surface area contributed by atoms with Gasteiger partial charge in [0.1, 0.15) is 42.2 Å². The molecule has 0 spiro atoms. The first-order valence-corrected chi connectivity index (χ1v) is 18.4. The minimum Gasteiger partial charge on any atom is -0.459 e. The number of hydrogen-bond acceptors (Lipinski definition) is 9. The molecule has 3 atom stereocenters. The normalized spacial score (nSPS) is 15.8. The average molecular weight is 765 g/mol. The van der Waals surface area contributed by atoms with Crippen LogP contribution in [-0.4, -0.2) is 53.2 Å². The molecule has 0 bridgehead atoms. The van der Waals surface area contributed by atoms with Crippen LogP contribution in [-0.2, 0) is 54.6 Å². The number of anilines is 1. The second-order valence-corrected chi connectivity index (χ2v) is 14.6. The maximum absolute atomic E-state index is 13.9. The van der Waals surface area contributed by atoms with E-state index in [1.165, 1.54) is 13.8 Å². The zero-order valence-corrected chi connectivity index (χ0v) is 32.2. The fourth-order valence-corrected chi connectivity index (χ4v) is 6.00. The Kier molecular flexibility index (Phi) is 13.3. The summed E-state index contributed by atoms with van der Waals surface area (Å²) in [6, 6.07) is 28.7. The van der Waals surface area contributed by atoms with E-state index >= 15 is 0 Å². The van der Waals surface area contributed by atoms with Crippen LogP contribution in [0.25, 0.3) is 0 Å². The Morgan fingerprint density at radius 1 is 0.679 bits per heavy atom. The number of amides is 4. The van der Waals surface area contributed by atoms with E-state index in [9.17, 15) is 24.0 Å². The van der Waals surface area contributed by atoms with Gasteiger partial charge in [0.05, 0.1) is 5.69 Å². The van der Waals surface area contributed by atoms with E-state index in [-0.39, 0.29) is 26.1 Å². The van der Waals surface area contributed by atoms with E-state index in [0.29, 0.717) is 29.2 Å². The number of benzene rings is 4. The van der Waals surface area contributed by atoms with Gasteiger partial charge in [-0.1, -0.05) is 84.9 Å². The molecule has 0 unspecified atom stereocenters. The van der Waals surface area contributed by atoms with E-state index < -0.39 is 53.2 Å². The van der Waals surface area contributed by atoms with Crippen LogP contribution in [0.2, 0.25) is 0 Å². The van der Waals surface area contributed by atoms with Crippen molar-refractivity contribution in [3.05, 3.63) is 125 Å². The minimum absolute atomic E-state index is 0.0189. The van der Waals surface area contributed by atoms with Crippen LogP contribution in [0.5, 0.6) is 11.5 Å². The highest BCUT2D eigenvalue weighted by molar-refractivity contribution is 5.99. The summed E-state index contributed by atoms with van der Waals surface area (Å²) in [4.78, 5) is 65.5. The molecule has 4 amide bonds. The summed E-state index contributed by atoms with van der Waals surface area (Å²) in [6.45, 7) is 8.27. The summed E-state index contributed by atoms with van der Waals surface area (Å²) in [5, 5.41) is 10.7. The predicted molar refractivity (Wildman–Crippen MR) is 209 cm³/mol. The summed E-state index contributed by atoms with van der Waals surface area (Å²) in [6.07, 6.45) is -0.788. The molecule has 0 aromatic heterocycles. The van der Waals surface area contributed by atoms with Gasteiger partial charge in [0.2, 0.25) is 11.8 Å². The highest BCUT2D eigenvalue weighted by atomic mass is 16.6. The fourth-order valence-electron chi connectivity index (χ4n) is 6.00. The molecule has 1 aliphatic carbocycles. The minimum atomic E-state index is -1.46. The molecule has 56 heavy (non-hydrogen) atoms. The molecular formula is C43H48N4O9. The molecule has 0 heterocycles. The van der Waals surface area contributed by atoms with Crippen LogP contribution < -0.4 is 26.0 Å². The largest absolute Gasteiger partial charge is 0.459 e. The van der Waals surface area contributed by atoms with Gasteiger partial charge >= 0.3 is 18.2 Å². The van der Waals surface area contributed by atoms with Crippen molar-refractivity contribution in [3.63, 3.8) is 0 Å². The first kappa shape index (κ1) is 40.8. The number of carbonyl (C=O) groups is 5. The second-order valence-electron chi connectivity index (χ2n) is 14.6. The molecule has 13 nitrogen and oxygen atoms in total. The number of fused-ring (bicyclic) bond motifs is 1. The number of esters is 1. The van der Waals surface area contributed by atoms with Crippen molar-refractivity contribution in [2.24, 2.45) is 0 Å². The van der Waals surface area contributed by atoms with E-state index in [0.717, 1.165) is 16.7 Å². The van der Waals surface area contributed by atoms with Crippen molar-refractivity contribution < 1.29 is 42.9 Å². The summed E-state index contributed by atoms with van der Waals surface area (Å²) >= 11 is 0. The molecule has 1 aliphatic rings. The molecule has 4 N–H and O–H groups in total. The monoisotopic (exact) mass is 764 g/mol. The molecule has 0 aliphatic heterocycles. The summed E-state index contributed by atoms with van der Waals surface area (Å²) in [5.41, 5.74) is 1.25. The number of nitrogens with one attached hydrogen (secondary N) is 4. The summed E-state index contributed by atoms with van der Waals surface area (Å²) < 4.78 is 23.0. The SMILES string of the molecule is C[C@H](NC(=O)OCc1ccccc1)C(=O)N[C@@H](C)C(=O)Nc1ccccc1Oc1cccc2c1C[C@@](NC(=O)OC(C)(C)C)(C(=O)OCc1ccccc1)CC2. The Hall–Kier alpha value is -6.37. The molecule has 0 saturated carbocycles. The summed E-state index contributed by atoms with van der Waals surface area (Å²) in [7, 11) is 0. The van der Waals surface area contributed by atoms with Crippen molar-refractivity contribution in [1.82, 2.24) is 16.0 Å². The molecule has 0 radical (unpaired) electrons. The molecule has 4 aromatic carbocycles. The van der Waals surface area contributed by atoms with Gasteiger partial charge in [0, 0.05) is 12.0 Å². The Morgan fingerprint density at radius 3 is 1.93 bits per heavy atom. The van der Waals surface area contributed by atoms with Gasteiger partial charge in [0.25, 0.3) is 0 Å². The van der Waals surface area contributed by atoms with E-state index in [1.54, 1.807) is 51.1 Å². The lowest BCUT2D eigenvalue weighted by Gasteiger charge is -2.37. The van der Waals surface area contributed by atoms with Crippen molar-refractivity contribution in [3.8, 4) is 11.5 Å². The van der Waals surface area contributed by atoms with Crippen LogP contribution in [0.4, 0.5) is 15.3 Å². The zero-order valence-electron chi connectivity index (χ0n) is 32.2. The topological polar surface area (TPSA) is 170 Å². The van der Waals surface area contributed by atoms with E-state index in [1.807, 2.05) is 72.8 Å². The highest BCUT2D eigenvalue weighted by Gasteiger charge is 2.46. The lowest BCUT2D eigenvalue weighted by atomic mass is 9.77. The zero-order chi connectivity index (χ0) is 40.3. The number of rotatable bonds is 13. The quantitative estimate of drug-likeness (QED) is 0.0852. The van der Waals surface area contributed by atoms with Gasteiger partial charge in [-0.15, -0.1) is 0 Å². The molecule has 0 fully saturated rings. The third-order valence-corrected chi connectivity index (χ3v) is 8.93.